The molecule has 0 unspecified atom stereocenters. The third-order valence-electron chi connectivity index (χ3n) is 7.07. The summed E-state index contributed by atoms with van der Waals surface area (Å²) in [6, 6.07) is 4.55. The predicted octanol–water partition coefficient (Wildman–Crippen LogP) is 2.22. The molecule has 1 heterocycles. The maximum atomic E-state index is 13.1. The number of methoxy groups -OCH3 is 1. The van der Waals surface area contributed by atoms with E-state index in [1.807, 2.05) is 6.08 Å². The standard InChI is InChI=1S/C24H21NO7/c1-10-7-17(27)21-16(22(10)28)9-15-12(5-6-14-20(15)24(30)25(31)23(14)29)19(21)13-4-3-11(26)8-18(13)32-2/h3-5,7-8,14-15,19-20,26,31H,6,9H2,1-2H3/t14-,15+,19+,20-/m0/s1. The van der Waals surface area contributed by atoms with Gasteiger partial charge < -0.3 is 9.84 Å². The van der Waals surface area contributed by atoms with Crippen LogP contribution in [-0.2, 0) is 19.2 Å². The Morgan fingerprint density at radius 3 is 2.56 bits per heavy atom. The molecule has 0 aromatic heterocycles. The lowest BCUT2D eigenvalue weighted by Crippen LogP contribution is -2.39. The molecule has 1 aliphatic heterocycles. The molecule has 8 nitrogen and oxygen atoms in total. The fourth-order valence-electron chi connectivity index (χ4n) is 5.66. The van der Waals surface area contributed by atoms with Crippen LogP contribution in [-0.4, -0.2) is 45.9 Å². The van der Waals surface area contributed by atoms with Gasteiger partial charge in [0.2, 0.25) is 0 Å². The summed E-state index contributed by atoms with van der Waals surface area (Å²) in [5.41, 5.74) is 2.32. The molecule has 1 aromatic rings. The highest BCUT2D eigenvalue weighted by atomic mass is 16.5. The first-order valence-electron chi connectivity index (χ1n) is 10.4. The second-order valence-electron chi connectivity index (χ2n) is 8.64. The van der Waals surface area contributed by atoms with Gasteiger partial charge in [-0.3, -0.25) is 24.4 Å². The van der Waals surface area contributed by atoms with Crippen molar-refractivity contribution in [2.75, 3.05) is 7.11 Å². The number of phenolic OH excluding ortho intramolecular Hbond substituents is 1. The van der Waals surface area contributed by atoms with Crippen LogP contribution in [0, 0.1) is 17.8 Å². The Hall–Kier alpha value is -3.52. The molecule has 1 aromatic carbocycles. The molecule has 4 atom stereocenters. The van der Waals surface area contributed by atoms with E-state index in [1.165, 1.54) is 25.3 Å². The van der Waals surface area contributed by atoms with Gasteiger partial charge in [-0.05, 0) is 37.8 Å². The number of Topliss-reactive ketones (excluding diaryl/α,β-unsaturated/α-hetero) is 1. The van der Waals surface area contributed by atoms with Crippen LogP contribution in [0.25, 0.3) is 0 Å². The summed E-state index contributed by atoms with van der Waals surface area (Å²) < 4.78 is 5.47. The summed E-state index contributed by atoms with van der Waals surface area (Å²) in [4.78, 5) is 51.4. The fourth-order valence-corrected chi connectivity index (χ4v) is 5.66. The lowest BCUT2D eigenvalue weighted by molar-refractivity contribution is -0.173. The van der Waals surface area contributed by atoms with E-state index in [2.05, 4.69) is 0 Å². The van der Waals surface area contributed by atoms with Gasteiger partial charge in [0, 0.05) is 34.3 Å². The maximum Gasteiger partial charge on any atom is 0.257 e. The molecule has 0 radical (unpaired) electrons. The number of imide groups is 1. The van der Waals surface area contributed by atoms with Gasteiger partial charge in [0.05, 0.1) is 18.9 Å². The Morgan fingerprint density at radius 1 is 1.09 bits per heavy atom. The lowest BCUT2D eigenvalue weighted by Gasteiger charge is -2.42. The maximum absolute atomic E-state index is 13.1. The fraction of sp³-hybridized carbons (Fsp3) is 0.333. The number of carbonyl (C=O) groups is 4. The Bertz CT molecular complexity index is 1200. The zero-order valence-electron chi connectivity index (χ0n) is 17.5. The lowest BCUT2D eigenvalue weighted by atomic mass is 9.59. The summed E-state index contributed by atoms with van der Waals surface area (Å²) in [6.07, 6.45) is 3.56. The number of ketones is 2. The Kier molecular flexibility index (Phi) is 4.46. The van der Waals surface area contributed by atoms with Crippen LogP contribution in [0.3, 0.4) is 0 Å². The number of nitrogens with zero attached hydrogens (tertiary/aromatic N) is 1. The minimum atomic E-state index is -0.804. The molecule has 164 valence electrons. The molecule has 1 fully saturated rings. The van der Waals surface area contributed by atoms with E-state index in [0.717, 1.165) is 5.57 Å². The predicted molar refractivity (Wildman–Crippen MR) is 110 cm³/mol. The zero-order chi connectivity index (χ0) is 22.9. The summed E-state index contributed by atoms with van der Waals surface area (Å²) >= 11 is 0. The molecule has 1 saturated heterocycles. The van der Waals surface area contributed by atoms with Gasteiger partial charge in [-0.2, -0.15) is 5.06 Å². The van der Waals surface area contributed by atoms with Crippen molar-refractivity contribution in [2.24, 2.45) is 17.8 Å². The molecule has 3 aliphatic carbocycles. The van der Waals surface area contributed by atoms with Gasteiger partial charge in [0.1, 0.15) is 11.5 Å². The molecule has 5 rings (SSSR count). The Morgan fingerprint density at radius 2 is 1.84 bits per heavy atom. The number of carbonyl (C=O) groups excluding carboxylic acids is 4. The molecule has 0 bridgehead atoms. The monoisotopic (exact) mass is 435 g/mol. The molecular formula is C24H21NO7. The number of rotatable bonds is 2. The van der Waals surface area contributed by atoms with Gasteiger partial charge >= 0.3 is 0 Å². The van der Waals surface area contributed by atoms with Crippen molar-refractivity contribution >= 4 is 23.4 Å². The van der Waals surface area contributed by atoms with E-state index in [0.29, 0.717) is 28.0 Å². The average Bonchev–Trinajstić information content (AvgIpc) is 3.00. The van der Waals surface area contributed by atoms with Crippen LogP contribution < -0.4 is 4.74 Å². The zero-order valence-corrected chi connectivity index (χ0v) is 17.5. The van der Waals surface area contributed by atoms with E-state index in [4.69, 9.17) is 4.74 Å². The third-order valence-corrected chi connectivity index (χ3v) is 7.07. The number of ether oxygens (including phenoxy) is 1. The molecule has 0 spiro atoms. The first kappa shape index (κ1) is 20.4. The van der Waals surface area contributed by atoms with E-state index >= 15 is 0 Å². The van der Waals surface area contributed by atoms with Gasteiger partial charge in [0.25, 0.3) is 11.8 Å². The molecule has 8 heteroatoms. The minimum Gasteiger partial charge on any atom is -0.508 e. The highest BCUT2D eigenvalue weighted by molar-refractivity contribution is 6.23. The number of phenols is 1. The SMILES string of the molecule is COc1cc(O)ccc1[C@H]1C2=CC[C@@H]3C(=O)N(O)C(=O)[C@@H]3[C@@H]2CC2=C1C(=O)C=C(C)C2=O. The summed E-state index contributed by atoms with van der Waals surface area (Å²) in [5, 5.41) is 20.1. The van der Waals surface area contributed by atoms with Crippen molar-refractivity contribution in [3.05, 3.63) is 58.2 Å². The quantitative estimate of drug-likeness (QED) is 0.316. The van der Waals surface area contributed by atoms with E-state index in [-0.39, 0.29) is 35.2 Å². The van der Waals surface area contributed by atoms with Crippen molar-refractivity contribution in [3.63, 3.8) is 0 Å². The molecule has 2 amide bonds. The van der Waals surface area contributed by atoms with Crippen molar-refractivity contribution in [1.29, 1.82) is 0 Å². The van der Waals surface area contributed by atoms with Crippen LogP contribution in [0.2, 0.25) is 0 Å². The number of allylic oxidation sites excluding steroid dienone is 6. The number of hydrogen-bond donors (Lipinski definition) is 2. The smallest absolute Gasteiger partial charge is 0.257 e. The topological polar surface area (TPSA) is 121 Å². The number of benzene rings is 1. The minimum absolute atomic E-state index is 0.0147. The van der Waals surface area contributed by atoms with Gasteiger partial charge in [-0.15, -0.1) is 0 Å². The van der Waals surface area contributed by atoms with Crippen LogP contribution in [0.15, 0.2) is 52.6 Å². The van der Waals surface area contributed by atoms with Gasteiger partial charge in [-0.25, -0.2) is 0 Å². The average molecular weight is 435 g/mol. The normalized spacial score (nSPS) is 29.4. The number of aromatic hydroxyl groups is 1. The van der Waals surface area contributed by atoms with Gasteiger partial charge in [-0.1, -0.05) is 17.7 Å². The van der Waals surface area contributed by atoms with Crippen molar-refractivity contribution < 1.29 is 34.2 Å². The number of fused-ring (bicyclic) bond motifs is 3. The van der Waals surface area contributed by atoms with Crippen LogP contribution in [0.4, 0.5) is 0 Å². The Labute approximate surface area is 183 Å². The Balaban J connectivity index is 1.74. The molecule has 2 N–H and O–H groups in total. The summed E-state index contributed by atoms with van der Waals surface area (Å²) in [7, 11) is 1.44. The number of amides is 2. The summed E-state index contributed by atoms with van der Waals surface area (Å²) in [6.45, 7) is 1.58. The van der Waals surface area contributed by atoms with Crippen LogP contribution in [0.5, 0.6) is 11.5 Å². The van der Waals surface area contributed by atoms with Crippen LogP contribution in [0.1, 0.15) is 31.2 Å². The van der Waals surface area contributed by atoms with Crippen molar-refractivity contribution in [2.45, 2.75) is 25.7 Å². The number of hydroxylamine groups is 2. The summed E-state index contributed by atoms with van der Waals surface area (Å²) in [5.74, 6) is -4.23. The van der Waals surface area contributed by atoms with E-state index in [1.54, 1.807) is 13.0 Å². The molecule has 32 heavy (non-hydrogen) atoms. The van der Waals surface area contributed by atoms with E-state index in [9.17, 15) is 29.5 Å². The van der Waals surface area contributed by atoms with Gasteiger partial charge in [0.15, 0.2) is 11.6 Å². The highest BCUT2D eigenvalue weighted by Crippen LogP contribution is 2.56. The van der Waals surface area contributed by atoms with Crippen LogP contribution >= 0.6 is 0 Å². The first-order valence-corrected chi connectivity index (χ1v) is 10.4. The largest absolute Gasteiger partial charge is 0.508 e. The molecule has 0 saturated carbocycles. The van der Waals surface area contributed by atoms with Crippen molar-refractivity contribution in [3.8, 4) is 11.5 Å². The second-order valence-corrected chi connectivity index (χ2v) is 8.64. The first-order chi connectivity index (χ1) is 15.2. The van der Waals surface area contributed by atoms with E-state index < -0.39 is 35.5 Å². The third kappa shape index (κ3) is 2.65. The highest BCUT2D eigenvalue weighted by Gasteiger charge is 2.56. The molecular weight excluding hydrogens is 414 g/mol. The number of hydrogen-bond acceptors (Lipinski definition) is 7. The van der Waals surface area contributed by atoms with Crippen molar-refractivity contribution in [1.82, 2.24) is 5.06 Å². The molecule has 4 aliphatic rings. The second kappa shape index (κ2) is 7.00.